The molecule has 0 bridgehead atoms. The van der Waals surface area contributed by atoms with Crippen LogP contribution in [0.2, 0.25) is 0 Å². The summed E-state index contributed by atoms with van der Waals surface area (Å²) >= 11 is 0.679. The van der Waals surface area contributed by atoms with Crippen molar-refractivity contribution in [2.24, 2.45) is 0 Å². The van der Waals surface area contributed by atoms with E-state index in [9.17, 15) is 22.8 Å². The summed E-state index contributed by atoms with van der Waals surface area (Å²) in [6.07, 6.45) is -4.55. The fraction of sp³-hybridized carbons (Fsp3) is 0.154. The second kappa shape index (κ2) is 6.14. The minimum atomic E-state index is -4.55. The number of nitrogens with one attached hydrogen (secondary N) is 1. The molecular weight excluding hydrogens is 321 g/mol. The molecule has 0 unspecified atom stereocenters. The van der Waals surface area contributed by atoms with Gasteiger partial charge in [-0.25, -0.2) is 4.98 Å². The van der Waals surface area contributed by atoms with Crippen molar-refractivity contribution in [3.05, 3.63) is 40.9 Å². The average Bonchev–Trinajstić information content (AvgIpc) is 2.87. The van der Waals surface area contributed by atoms with Crippen LogP contribution in [0, 0.1) is 0 Å². The maximum absolute atomic E-state index is 12.4. The third kappa shape index (κ3) is 4.04. The van der Waals surface area contributed by atoms with Gasteiger partial charge in [0.1, 0.15) is 5.75 Å². The summed E-state index contributed by atoms with van der Waals surface area (Å²) in [4.78, 5) is 25.9. The van der Waals surface area contributed by atoms with E-state index in [-0.39, 0.29) is 16.4 Å². The lowest BCUT2D eigenvalue weighted by Crippen LogP contribution is -2.12. The molecule has 9 heteroatoms. The van der Waals surface area contributed by atoms with Crippen molar-refractivity contribution in [1.29, 1.82) is 0 Å². The zero-order chi connectivity index (χ0) is 16.3. The van der Waals surface area contributed by atoms with Crippen LogP contribution in [0.1, 0.15) is 23.0 Å². The monoisotopic (exact) mass is 330 g/mol. The maximum Gasteiger partial charge on any atom is 0.434 e. The van der Waals surface area contributed by atoms with E-state index in [4.69, 9.17) is 4.74 Å². The number of thiazole rings is 1. The number of nitrogens with zero attached hydrogens (tertiary/aromatic N) is 1. The maximum atomic E-state index is 12.4. The number of anilines is 1. The number of ether oxygens (including phenoxy) is 1. The molecule has 0 aliphatic carbocycles. The third-order valence-corrected chi connectivity index (χ3v) is 3.15. The zero-order valence-corrected chi connectivity index (χ0v) is 11.9. The summed E-state index contributed by atoms with van der Waals surface area (Å²) in [5, 5.41) is 2.94. The number of halogens is 3. The highest BCUT2D eigenvalue weighted by Crippen LogP contribution is 2.31. The Hall–Kier alpha value is -2.42. The van der Waals surface area contributed by atoms with Crippen LogP contribution in [-0.2, 0) is 11.0 Å². The Balaban J connectivity index is 2.06. The molecule has 2 aromatic rings. The van der Waals surface area contributed by atoms with E-state index in [1.807, 2.05) is 0 Å². The summed E-state index contributed by atoms with van der Waals surface area (Å²) < 4.78 is 42.0. The second-order valence-corrected chi connectivity index (χ2v) is 4.97. The van der Waals surface area contributed by atoms with E-state index in [1.54, 1.807) is 0 Å². The van der Waals surface area contributed by atoms with Crippen molar-refractivity contribution in [3.8, 4) is 5.75 Å². The second-order valence-electron chi connectivity index (χ2n) is 4.11. The van der Waals surface area contributed by atoms with Crippen LogP contribution in [0.15, 0.2) is 29.6 Å². The molecule has 1 aromatic heterocycles. The van der Waals surface area contributed by atoms with Gasteiger partial charge in [0.25, 0.3) is 5.91 Å². The van der Waals surface area contributed by atoms with Gasteiger partial charge in [0.2, 0.25) is 0 Å². The SMILES string of the molecule is CC(=O)Oc1ccc(C(=O)Nc2nc(C(F)(F)F)cs2)cc1. The molecule has 1 aromatic carbocycles. The van der Waals surface area contributed by atoms with Crippen molar-refractivity contribution >= 4 is 28.3 Å². The van der Waals surface area contributed by atoms with Gasteiger partial charge in [-0.15, -0.1) is 11.3 Å². The molecule has 5 nitrogen and oxygen atoms in total. The summed E-state index contributed by atoms with van der Waals surface area (Å²) in [6, 6.07) is 5.57. The van der Waals surface area contributed by atoms with Gasteiger partial charge in [-0.2, -0.15) is 13.2 Å². The number of esters is 1. The van der Waals surface area contributed by atoms with Gasteiger partial charge in [-0.05, 0) is 24.3 Å². The van der Waals surface area contributed by atoms with Gasteiger partial charge in [0.05, 0.1) is 0 Å². The van der Waals surface area contributed by atoms with Crippen LogP contribution in [0.4, 0.5) is 18.3 Å². The number of alkyl halides is 3. The molecule has 0 aliphatic heterocycles. The van der Waals surface area contributed by atoms with Gasteiger partial charge in [0.15, 0.2) is 10.8 Å². The lowest BCUT2D eigenvalue weighted by atomic mass is 10.2. The first-order valence-corrected chi connectivity index (χ1v) is 6.76. The fourth-order valence-electron chi connectivity index (χ4n) is 1.47. The molecule has 1 amide bonds. The Labute approximate surface area is 126 Å². The lowest BCUT2D eigenvalue weighted by molar-refractivity contribution is -0.140. The lowest BCUT2D eigenvalue weighted by Gasteiger charge is -2.04. The number of hydrogen-bond donors (Lipinski definition) is 1. The number of carbonyl (C=O) groups is 2. The highest BCUT2D eigenvalue weighted by molar-refractivity contribution is 7.14. The van der Waals surface area contributed by atoms with Gasteiger partial charge in [-0.3, -0.25) is 14.9 Å². The number of hydrogen-bond acceptors (Lipinski definition) is 5. The van der Waals surface area contributed by atoms with Crippen molar-refractivity contribution in [3.63, 3.8) is 0 Å². The van der Waals surface area contributed by atoms with Crippen LogP contribution in [0.5, 0.6) is 5.75 Å². The summed E-state index contributed by atoms with van der Waals surface area (Å²) in [5.74, 6) is -0.852. The molecule has 22 heavy (non-hydrogen) atoms. The number of aromatic nitrogens is 1. The smallest absolute Gasteiger partial charge is 0.427 e. The number of benzene rings is 1. The van der Waals surface area contributed by atoms with E-state index in [2.05, 4.69) is 10.3 Å². The van der Waals surface area contributed by atoms with Crippen LogP contribution in [0.3, 0.4) is 0 Å². The first-order valence-electron chi connectivity index (χ1n) is 5.88. The zero-order valence-electron chi connectivity index (χ0n) is 11.1. The molecule has 0 aliphatic rings. The topological polar surface area (TPSA) is 68.3 Å². The van der Waals surface area contributed by atoms with E-state index >= 15 is 0 Å². The first kappa shape index (κ1) is 16.0. The first-order chi connectivity index (χ1) is 10.3. The minimum Gasteiger partial charge on any atom is -0.427 e. The average molecular weight is 330 g/mol. The van der Waals surface area contributed by atoms with Crippen LogP contribution >= 0.6 is 11.3 Å². The van der Waals surface area contributed by atoms with E-state index in [0.29, 0.717) is 11.3 Å². The van der Waals surface area contributed by atoms with Crippen LogP contribution < -0.4 is 10.1 Å². The van der Waals surface area contributed by atoms with Gasteiger partial charge >= 0.3 is 12.1 Å². The van der Waals surface area contributed by atoms with E-state index in [1.165, 1.54) is 31.2 Å². The standard InChI is InChI=1S/C13H9F3N2O3S/c1-7(19)21-9-4-2-8(3-5-9)11(20)18-12-17-10(6-22-12)13(14,15)16/h2-6H,1H3,(H,17,18,20). The molecule has 0 atom stereocenters. The number of amides is 1. The van der Waals surface area contributed by atoms with Crippen LogP contribution in [0.25, 0.3) is 0 Å². The summed E-state index contributed by atoms with van der Waals surface area (Å²) in [6.45, 7) is 1.24. The third-order valence-electron chi connectivity index (χ3n) is 2.39. The Morgan fingerprint density at radius 1 is 1.23 bits per heavy atom. The highest BCUT2D eigenvalue weighted by Gasteiger charge is 2.33. The van der Waals surface area contributed by atoms with Gasteiger partial charge in [0, 0.05) is 17.9 Å². The summed E-state index contributed by atoms with van der Waals surface area (Å²) in [7, 11) is 0. The Morgan fingerprint density at radius 3 is 2.36 bits per heavy atom. The predicted molar refractivity (Wildman–Crippen MR) is 72.8 cm³/mol. The molecule has 1 heterocycles. The van der Waals surface area contributed by atoms with Crippen molar-refractivity contribution in [2.75, 3.05) is 5.32 Å². The molecule has 2 rings (SSSR count). The van der Waals surface area contributed by atoms with Crippen LogP contribution in [-0.4, -0.2) is 16.9 Å². The molecule has 0 fully saturated rings. The predicted octanol–water partition coefficient (Wildman–Crippen LogP) is 3.34. The summed E-state index contributed by atoms with van der Waals surface area (Å²) in [5.41, 5.74) is -0.863. The Morgan fingerprint density at radius 2 is 1.86 bits per heavy atom. The van der Waals surface area contributed by atoms with Gasteiger partial charge in [-0.1, -0.05) is 0 Å². The van der Waals surface area contributed by atoms with Crippen molar-refractivity contribution in [1.82, 2.24) is 4.98 Å². The number of rotatable bonds is 3. The molecule has 0 saturated carbocycles. The fourth-order valence-corrected chi connectivity index (χ4v) is 2.18. The molecule has 1 N–H and O–H groups in total. The molecule has 0 radical (unpaired) electrons. The molecule has 0 saturated heterocycles. The quantitative estimate of drug-likeness (QED) is 0.692. The minimum absolute atomic E-state index is 0.151. The van der Waals surface area contributed by atoms with Gasteiger partial charge < -0.3 is 4.74 Å². The highest BCUT2D eigenvalue weighted by atomic mass is 32.1. The largest absolute Gasteiger partial charge is 0.434 e. The molecule has 116 valence electrons. The molecular formula is C13H9F3N2O3S. The van der Waals surface area contributed by atoms with E-state index in [0.717, 1.165) is 5.38 Å². The van der Waals surface area contributed by atoms with E-state index < -0.39 is 23.7 Å². The van der Waals surface area contributed by atoms with Crippen molar-refractivity contribution in [2.45, 2.75) is 13.1 Å². The Bertz CT molecular complexity index is 695. The number of carbonyl (C=O) groups excluding carboxylic acids is 2. The normalized spacial score (nSPS) is 11.1. The Kier molecular flexibility index (Phi) is 4.45. The molecule has 0 spiro atoms. The van der Waals surface area contributed by atoms with Crippen molar-refractivity contribution < 1.29 is 27.5 Å².